The Morgan fingerprint density at radius 2 is 1.42 bits per heavy atom. The fourth-order valence-electron chi connectivity index (χ4n) is 7.32. The molecular formula is C35H52O6Si2. The smallest absolute Gasteiger partial charge is 0.349 e. The molecule has 5 atom stereocenters. The third-order valence-corrected chi connectivity index (χ3v) is 19.0. The molecule has 0 bridgehead atoms. The van der Waals surface area contributed by atoms with Gasteiger partial charge in [-0.25, -0.2) is 0 Å². The molecule has 0 unspecified atom stereocenters. The first-order chi connectivity index (χ1) is 20.0. The largest absolute Gasteiger partial charge is 0.457 e. The minimum Gasteiger partial charge on any atom is -0.457 e. The standard InChI is InChI=1S/C35H52O6Si2/c1-12-19-28-30(38-25(2)36)32(31-29(39-28)24-37-43(41-31,34(6,7)8)35(9,10)11)40-42(33(3,4)5,26-20-15-13-16-21-26)27-22-17-14-18-23-27/h12-18,20-23,28-32H,1,19,24H2,2-11H3/t28-,29+,30-,31+,32+/m0/s1. The van der Waals surface area contributed by atoms with Gasteiger partial charge in [0.2, 0.25) is 0 Å². The fourth-order valence-corrected chi connectivity index (χ4v) is 17.0. The number of hydrogen-bond donors (Lipinski definition) is 0. The van der Waals surface area contributed by atoms with Crippen LogP contribution in [0.25, 0.3) is 0 Å². The van der Waals surface area contributed by atoms with Crippen LogP contribution in [0, 0.1) is 0 Å². The number of carbonyl (C=O) groups excluding carboxylic acids is 1. The number of carbonyl (C=O) groups is 1. The highest BCUT2D eigenvalue weighted by atomic mass is 28.4. The Bertz CT molecular complexity index is 1190. The van der Waals surface area contributed by atoms with Crippen molar-refractivity contribution < 1.29 is 27.5 Å². The van der Waals surface area contributed by atoms with Crippen LogP contribution in [-0.2, 0) is 27.5 Å². The van der Waals surface area contributed by atoms with E-state index in [1.54, 1.807) is 0 Å². The van der Waals surface area contributed by atoms with Crippen molar-refractivity contribution in [3.8, 4) is 0 Å². The van der Waals surface area contributed by atoms with Gasteiger partial charge in [-0.05, 0) is 21.8 Å². The molecule has 0 aromatic heterocycles. The van der Waals surface area contributed by atoms with E-state index in [1.807, 2.05) is 18.2 Å². The van der Waals surface area contributed by atoms with Gasteiger partial charge in [-0.1, -0.05) is 129 Å². The topological polar surface area (TPSA) is 63.2 Å². The van der Waals surface area contributed by atoms with Crippen LogP contribution >= 0.6 is 0 Å². The Morgan fingerprint density at radius 3 is 1.84 bits per heavy atom. The molecule has 0 radical (unpaired) electrons. The van der Waals surface area contributed by atoms with Crippen molar-refractivity contribution in [1.29, 1.82) is 0 Å². The molecule has 2 saturated heterocycles. The molecule has 0 aliphatic carbocycles. The lowest BCUT2D eigenvalue weighted by Crippen LogP contribution is -2.75. The monoisotopic (exact) mass is 624 g/mol. The van der Waals surface area contributed by atoms with Gasteiger partial charge in [0.05, 0.1) is 6.61 Å². The maximum atomic E-state index is 12.7. The normalized spacial score (nSPS) is 26.3. The Balaban J connectivity index is 1.98. The van der Waals surface area contributed by atoms with E-state index in [0.717, 1.165) is 10.4 Å². The van der Waals surface area contributed by atoms with E-state index in [0.29, 0.717) is 13.0 Å². The summed E-state index contributed by atoms with van der Waals surface area (Å²) in [7, 11) is -6.01. The average Bonchev–Trinajstić information content (AvgIpc) is 2.91. The van der Waals surface area contributed by atoms with E-state index in [-0.39, 0.29) is 27.2 Å². The number of esters is 1. The zero-order valence-electron chi connectivity index (χ0n) is 27.8. The van der Waals surface area contributed by atoms with Gasteiger partial charge >= 0.3 is 14.5 Å². The summed E-state index contributed by atoms with van der Waals surface area (Å²) >= 11 is 0. The van der Waals surface area contributed by atoms with E-state index < -0.39 is 41.3 Å². The average molecular weight is 625 g/mol. The summed E-state index contributed by atoms with van der Waals surface area (Å²) < 4.78 is 34.8. The highest BCUT2D eigenvalue weighted by molar-refractivity contribution is 6.99. The Hall–Kier alpha value is -2.08. The second kappa shape index (κ2) is 12.4. The van der Waals surface area contributed by atoms with E-state index >= 15 is 0 Å². The maximum Gasteiger partial charge on any atom is 0.349 e. The Kier molecular flexibility index (Phi) is 9.73. The van der Waals surface area contributed by atoms with Gasteiger partial charge < -0.3 is 22.8 Å². The van der Waals surface area contributed by atoms with Crippen molar-refractivity contribution in [2.75, 3.05) is 6.61 Å². The minimum atomic E-state index is -3.07. The summed E-state index contributed by atoms with van der Waals surface area (Å²) in [5.74, 6) is -0.376. The molecule has 236 valence electrons. The predicted molar refractivity (Wildman–Crippen MR) is 178 cm³/mol. The number of ether oxygens (including phenoxy) is 2. The van der Waals surface area contributed by atoms with Gasteiger partial charge in [0.25, 0.3) is 8.32 Å². The van der Waals surface area contributed by atoms with Crippen molar-refractivity contribution in [1.82, 2.24) is 0 Å². The molecule has 43 heavy (non-hydrogen) atoms. The Morgan fingerprint density at radius 1 is 0.907 bits per heavy atom. The molecule has 2 aliphatic rings. The first kappa shape index (κ1) is 33.8. The number of hydrogen-bond acceptors (Lipinski definition) is 6. The number of benzene rings is 2. The van der Waals surface area contributed by atoms with Crippen molar-refractivity contribution in [3.05, 3.63) is 73.3 Å². The molecule has 0 N–H and O–H groups in total. The summed E-state index contributed by atoms with van der Waals surface area (Å²) in [6.07, 6.45) is -0.298. The van der Waals surface area contributed by atoms with Crippen LogP contribution < -0.4 is 10.4 Å². The second-order valence-electron chi connectivity index (χ2n) is 15.1. The third-order valence-electron chi connectivity index (χ3n) is 8.89. The lowest BCUT2D eigenvalue weighted by atomic mass is 9.93. The quantitative estimate of drug-likeness (QED) is 0.195. The Labute approximate surface area is 261 Å². The van der Waals surface area contributed by atoms with Crippen LogP contribution in [0.3, 0.4) is 0 Å². The highest BCUT2D eigenvalue weighted by Gasteiger charge is 2.66. The summed E-state index contributed by atoms with van der Waals surface area (Å²) in [4.78, 5) is 12.7. The lowest BCUT2D eigenvalue weighted by Gasteiger charge is -2.59. The second-order valence-corrected chi connectivity index (χ2v) is 24.1. The molecular weight excluding hydrogens is 573 g/mol. The van der Waals surface area contributed by atoms with Gasteiger partial charge in [-0.15, -0.1) is 6.58 Å². The van der Waals surface area contributed by atoms with Crippen molar-refractivity contribution in [3.63, 3.8) is 0 Å². The van der Waals surface area contributed by atoms with Crippen LogP contribution in [0.2, 0.25) is 15.1 Å². The van der Waals surface area contributed by atoms with E-state index in [1.165, 1.54) is 6.92 Å². The lowest BCUT2D eigenvalue weighted by molar-refractivity contribution is -0.246. The molecule has 2 heterocycles. The van der Waals surface area contributed by atoms with Crippen LogP contribution in [0.1, 0.15) is 75.7 Å². The molecule has 0 saturated carbocycles. The number of rotatable bonds is 7. The summed E-state index contributed by atoms with van der Waals surface area (Å²) in [5, 5.41) is 1.54. The first-order valence-electron chi connectivity index (χ1n) is 15.5. The number of fused-ring (bicyclic) bond motifs is 1. The first-order valence-corrected chi connectivity index (χ1v) is 19.3. The minimum absolute atomic E-state index is 0.243. The maximum absolute atomic E-state index is 12.7. The van der Waals surface area contributed by atoms with Gasteiger partial charge in [-0.2, -0.15) is 0 Å². The molecule has 2 aromatic carbocycles. The van der Waals surface area contributed by atoms with E-state index in [9.17, 15) is 4.79 Å². The van der Waals surface area contributed by atoms with Crippen LogP contribution in [0.4, 0.5) is 0 Å². The molecule has 2 aliphatic heterocycles. The van der Waals surface area contributed by atoms with Gasteiger partial charge in [0.15, 0.2) is 6.10 Å². The van der Waals surface area contributed by atoms with Crippen molar-refractivity contribution in [2.45, 2.75) is 121 Å². The molecule has 6 nitrogen and oxygen atoms in total. The summed E-state index contributed by atoms with van der Waals surface area (Å²) in [6, 6.07) is 21.1. The molecule has 0 spiro atoms. The SMILES string of the molecule is C=CC[C@@H]1O[C@@H]2CO[Si](C(C)(C)C)(C(C)(C)C)O[C@H]2[C@H](O[Si](c2ccccc2)(c2ccccc2)C(C)(C)C)[C@H]1OC(C)=O. The molecule has 4 rings (SSSR count). The van der Waals surface area contributed by atoms with Gasteiger partial charge in [0, 0.05) is 17.0 Å². The third kappa shape index (κ3) is 6.24. The summed E-state index contributed by atoms with van der Waals surface area (Å²) in [5.41, 5.74) is 0. The van der Waals surface area contributed by atoms with Crippen LogP contribution in [0.15, 0.2) is 73.3 Å². The van der Waals surface area contributed by atoms with E-state index in [2.05, 4.69) is 117 Å². The molecule has 0 amide bonds. The summed E-state index contributed by atoms with van der Waals surface area (Å²) in [6.45, 7) is 25.8. The predicted octanol–water partition coefficient (Wildman–Crippen LogP) is 6.66. The highest BCUT2D eigenvalue weighted by Crippen LogP contribution is 2.55. The van der Waals surface area contributed by atoms with Crippen LogP contribution in [-0.4, -0.2) is 60.0 Å². The molecule has 2 fully saturated rings. The van der Waals surface area contributed by atoms with Gasteiger partial charge in [0.1, 0.15) is 24.4 Å². The zero-order chi connectivity index (χ0) is 31.8. The molecule has 8 heteroatoms. The van der Waals surface area contributed by atoms with Crippen molar-refractivity contribution >= 4 is 33.2 Å². The van der Waals surface area contributed by atoms with Crippen molar-refractivity contribution in [2.24, 2.45) is 0 Å². The molecule has 2 aromatic rings. The van der Waals surface area contributed by atoms with E-state index in [4.69, 9.17) is 22.8 Å². The fraction of sp³-hybridized carbons (Fsp3) is 0.571. The zero-order valence-corrected chi connectivity index (χ0v) is 29.8. The van der Waals surface area contributed by atoms with Gasteiger partial charge in [-0.3, -0.25) is 4.79 Å². The van der Waals surface area contributed by atoms with Crippen LogP contribution in [0.5, 0.6) is 0 Å².